The maximum Gasteiger partial charge on any atom is 0.227 e. The molecule has 1 amide bonds. The number of piperidine rings is 1. The summed E-state index contributed by atoms with van der Waals surface area (Å²) >= 11 is 0. The van der Waals surface area contributed by atoms with E-state index in [0.717, 1.165) is 72.4 Å². The fraction of sp³-hybridized carbons (Fsp3) is 0.500. The number of aromatic amines is 1. The second-order valence-electron chi connectivity index (χ2n) is 9.07. The van der Waals surface area contributed by atoms with Gasteiger partial charge >= 0.3 is 0 Å². The van der Waals surface area contributed by atoms with Crippen LogP contribution in [-0.2, 0) is 24.1 Å². The summed E-state index contributed by atoms with van der Waals surface area (Å²) in [5, 5.41) is 5.13. The van der Waals surface area contributed by atoms with Crippen LogP contribution in [0.3, 0.4) is 0 Å². The molecule has 0 bridgehead atoms. The molecule has 0 saturated carbocycles. The predicted molar refractivity (Wildman–Crippen MR) is 113 cm³/mol. The molecule has 2 aromatic heterocycles. The maximum absolute atomic E-state index is 13.7. The molecule has 1 aliphatic heterocycles. The Hall–Kier alpha value is -2.63. The van der Waals surface area contributed by atoms with Gasteiger partial charge in [-0.3, -0.25) is 4.79 Å². The molecule has 1 unspecified atom stereocenters. The zero-order valence-corrected chi connectivity index (χ0v) is 17.6. The number of hydrogen-bond donors (Lipinski definition) is 1. The lowest BCUT2D eigenvalue weighted by molar-refractivity contribution is -0.131. The molecule has 0 spiro atoms. The van der Waals surface area contributed by atoms with Crippen molar-refractivity contribution >= 4 is 16.8 Å². The van der Waals surface area contributed by atoms with Gasteiger partial charge in [0.2, 0.25) is 5.91 Å². The molecule has 5 nitrogen and oxygen atoms in total. The second kappa shape index (κ2) is 7.56. The van der Waals surface area contributed by atoms with Crippen molar-refractivity contribution < 1.29 is 13.7 Å². The van der Waals surface area contributed by atoms with Crippen molar-refractivity contribution in [2.24, 2.45) is 5.92 Å². The highest BCUT2D eigenvalue weighted by Gasteiger charge is 2.31. The van der Waals surface area contributed by atoms with E-state index in [0.29, 0.717) is 18.3 Å². The van der Waals surface area contributed by atoms with Crippen LogP contribution in [0.25, 0.3) is 10.9 Å². The van der Waals surface area contributed by atoms with Crippen LogP contribution in [0.5, 0.6) is 0 Å². The van der Waals surface area contributed by atoms with Crippen molar-refractivity contribution in [3.63, 3.8) is 0 Å². The van der Waals surface area contributed by atoms with Gasteiger partial charge < -0.3 is 14.4 Å². The molecule has 1 fully saturated rings. The number of nitrogens with zero attached hydrogens (tertiary/aromatic N) is 2. The smallest absolute Gasteiger partial charge is 0.227 e. The summed E-state index contributed by atoms with van der Waals surface area (Å²) in [5.74, 6) is 1.92. The molecule has 0 radical (unpaired) electrons. The van der Waals surface area contributed by atoms with E-state index < -0.39 is 0 Å². The quantitative estimate of drug-likeness (QED) is 0.683. The summed E-state index contributed by atoms with van der Waals surface area (Å²) in [5.41, 5.74) is 5.18. The Morgan fingerprint density at radius 2 is 2.10 bits per heavy atom. The highest BCUT2D eigenvalue weighted by molar-refractivity contribution is 5.90. The van der Waals surface area contributed by atoms with Gasteiger partial charge in [-0.2, -0.15) is 0 Å². The van der Waals surface area contributed by atoms with Gasteiger partial charge in [-0.05, 0) is 68.7 Å². The van der Waals surface area contributed by atoms with E-state index in [4.69, 9.17) is 4.52 Å². The number of carbonyl (C=O) groups excluding carboxylic acids is 1. The number of aryl methyl sites for hydroxylation is 2. The third-order valence-electron chi connectivity index (χ3n) is 6.95. The van der Waals surface area contributed by atoms with E-state index in [2.05, 4.69) is 17.1 Å². The number of amides is 1. The van der Waals surface area contributed by atoms with E-state index in [1.165, 1.54) is 24.1 Å². The first-order valence-corrected chi connectivity index (χ1v) is 11.0. The van der Waals surface area contributed by atoms with Crippen LogP contribution in [0.2, 0.25) is 0 Å². The van der Waals surface area contributed by atoms with E-state index in [1.807, 2.05) is 11.8 Å². The van der Waals surface area contributed by atoms with Crippen molar-refractivity contribution in [2.45, 2.75) is 58.3 Å². The highest BCUT2D eigenvalue weighted by Crippen LogP contribution is 2.36. The largest absolute Gasteiger partial charge is 0.361 e. The third kappa shape index (κ3) is 3.42. The number of likely N-dealkylation sites (tertiary alicyclic amines) is 1. The van der Waals surface area contributed by atoms with Crippen molar-refractivity contribution in [3.8, 4) is 0 Å². The molecule has 1 saturated heterocycles. The van der Waals surface area contributed by atoms with Crippen LogP contribution in [-0.4, -0.2) is 34.0 Å². The fourth-order valence-corrected chi connectivity index (χ4v) is 5.16. The van der Waals surface area contributed by atoms with Gasteiger partial charge in [-0.1, -0.05) is 12.1 Å². The van der Waals surface area contributed by atoms with E-state index in [1.54, 1.807) is 6.07 Å². The normalized spacial score (nSPS) is 20.0. The van der Waals surface area contributed by atoms with Crippen LogP contribution >= 0.6 is 0 Å². The average Bonchev–Trinajstić information content (AvgIpc) is 3.29. The Kier molecular flexibility index (Phi) is 4.88. The molecular weight excluding hydrogens is 381 g/mol. The van der Waals surface area contributed by atoms with Crippen molar-refractivity contribution in [1.82, 2.24) is 15.0 Å². The number of halogens is 1. The zero-order chi connectivity index (χ0) is 20.8. The van der Waals surface area contributed by atoms with Gasteiger partial charge in [-0.25, -0.2) is 4.39 Å². The summed E-state index contributed by atoms with van der Waals surface area (Å²) in [6.45, 7) is 5.69. The first-order valence-electron chi connectivity index (χ1n) is 11.0. The van der Waals surface area contributed by atoms with Gasteiger partial charge in [0.25, 0.3) is 0 Å². The zero-order valence-electron chi connectivity index (χ0n) is 17.6. The lowest BCUT2D eigenvalue weighted by Gasteiger charge is -2.31. The molecular formula is C24H28FN3O2. The van der Waals surface area contributed by atoms with Gasteiger partial charge in [-0.15, -0.1) is 0 Å². The number of hydrogen-bond acceptors (Lipinski definition) is 3. The summed E-state index contributed by atoms with van der Waals surface area (Å²) in [6.07, 6.45) is 5.37. The van der Waals surface area contributed by atoms with E-state index in [-0.39, 0.29) is 11.7 Å². The molecule has 30 heavy (non-hydrogen) atoms. The summed E-state index contributed by atoms with van der Waals surface area (Å²) in [4.78, 5) is 18.2. The van der Waals surface area contributed by atoms with Crippen molar-refractivity contribution in [1.29, 1.82) is 0 Å². The lowest BCUT2D eigenvalue weighted by atomic mass is 9.83. The monoisotopic (exact) mass is 409 g/mol. The Morgan fingerprint density at radius 3 is 2.90 bits per heavy atom. The molecule has 158 valence electrons. The van der Waals surface area contributed by atoms with E-state index >= 15 is 0 Å². The Labute approximate surface area is 175 Å². The first-order chi connectivity index (χ1) is 14.5. The van der Waals surface area contributed by atoms with Gasteiger partial charge in [0.15, 0.2) is 0 Å². The van der Waals surface area contributed by atoms with Crippen LogP contribution in [0.15, 0.2) is 22.7 Å². The number of H-pyrrole nitrogens is 1. The molecule has 1 atom stereocenters. The summed E-state index contributed by atoms with van der Waals surface area (Å²) < 4.78 is 19.5. The third-order valence-corrected chi connectivity index (χ3v) is 6.95. The molecule has 1 N–H and O–H groups in total. The Balaban J connectivity index is 1.27. The number of nitrogens with one attached hydrogen (secondary N) is 1. The number of carbonyl (C=O) groups is 1. The number of aromatic nitrogens is 2. The van der Waals surface area contributed by atoms with Crippen molar-refractivity contribution in [3.05, 3.63) is 52.3 Å². The van der Waals surface area contributed by atoms with Gasteiger partial charge in [0, 0.05) is 41.2 Å². The van der Waals surface area contributed by atoms with Crippen LogP contribution in [0, 0.1) is 18.7 Å². The molecule has 1 aromatic carbocycles. The number of fused-ring (bicyclic) bond motifs is 2. The van der Waals surface area contributed by atoms with Crippen LogP contribution < -0.4 is 0 Å². The number of rotatable bonds is 3. The average molecular weight is 410 g/mol. The molecule has 5 rings (SSSR count). The number of benzene rings is 1. The maximum atomic E-state index is 13.7. The summed E-state index contributed by atoms with van der Waals surface area (Å²) in [6, 6.07) is 4.69. The minimum atomic E-state index is -0.277. The highest BCUT2D eigenvalue weighted by atomic mass is 19.1. The minimum absolute atomic E-state index is 0.106. The van der Waals surface area contributed by atoms with Crippen molar-refractivity contribution in [2.75, 3.05) is 13.1 Å². The minimum Gasteiger partial charge on any atom is -0.361 e. The topological polar surface area (TPSA) is 62.1 Å². The van der Waals surface area contributed by atoms with Gasteiger partial charge in [0.05, 0.1) is 12.1 Å². The lowest BCUT2D eigenvalue weighted by Crippen LogP contribution is -2.39. The van der Waals surface area contributed by atoms with Crippen LogP contribution in [0.1, 0.15) is 60.4 Å². The molecule has 3 aromatic rings. The van der Waals surface area contributed by atoms with E-state index in [9.17, 15) is 9.18 Å². The second-order valence-corrected chi connectivity index (χ2v) is 9.07. The predicted octanol–water partition coefficient (Wildman–Crippen LogP) is 4.68. The Bertz CT molecular complexity index is 1090. The Morgan fingerprint density at radius 1 is 1.30 bits per heavy atom. The van der Waals surface area contributed by atoms with Gasteiger partial charge in [0.1, 0.15) is 11.6 Å². The molecule has 1 aliphatic carbocycles. The molecule has 2 aliphatic rings. The first kappa shape index (κ1) is 19.3. The molecule has 3 heterocycles. The van der Waals surface area contributed by atoms with Crippen LogP contribution in [0.4, 0.5) is 4.39 Å². The standard InChI is InChI=1S/C24H28FN3O2/c1-14-3-5-22-20(11-14)24(30-27-22)16-7-9-28(10-8-16)23(29)13-18-15(2)26-21-6-4-17(25)12-19(18)21/h4,6,12,14,16,26H,3,5,7-11,13H2,1-2H3. The SMILES string of the molecule is Cc1[nH]c2ccc(F)cc2c1CC(=O)N1CCC(c2onc3c2CC(C)CC3)CC1. The fourth-order valence-electron chi connectivity index (χ4n) is 5.16. The summed E-state index contributed by atoms with van der Waals surface area (Å²) in [7, 11) is 0. The molecule has 6 heteroatoms.